The number of carbonyl (C=O) groups excluding carboxylic acids is 4. The molecule has 2 N–H and O–H groups in total. The SMILES string of the molecule is Cc1ccc(S(=O)(=O)OCCOCCNc2ccc3c(c2)C(=O)N(C2CCC(=O)NC2=O)C3=O)cc1. The highest BCUT2D eigenvalue weighted by molar-refractivity contribution is 7.86. The smallest absolute Gasteiger partial charge is 0.297 e. The number of hydrogen-bond donors (Lipinski definition) is 2. The minimum atomic E-state index is -3.85. The number of nitrogens with one attached hydrogen (secondary N) is 2. The van der Waals surface area contributed by atoms with E-state index in [1.165, 1.54) is 24.3 Å². The summed E-state index contributed by atoms with van der Waals surface area (Å²) < 4.78 is 34.6. The molecule has 4 amide bonds. The normalized spacial score (nSPS) is 17.8. The van der Waals surface area contributed by atoms with Crippen molar-refractivity contribution < 1.29 is 36.5 Å². The Hall–Kier alpha value is -3.61. The van der Waals surface area contributed by atoms with Crippen molar-refractivity contribution in [1.29, 1.82) is 0 Å². The molecule has 2 heterocycles. The lowest BCUT2D eigenvalue weighted by Gasteiger charge is -2.27. The van der Waals surface area contributed by atoms with Crippen LogP contribution >= 0.6 is 0 Å². The van der Waals surface area contributed by atoms with Crippen molar-refractivity contribution in [3.05, 3.63) is 59.2 Å². The average molecular weight is 516 g/mol. The van der Waals surface area contributed by atoms with Gasteiger partial charge in [0, 0.05) is 18.7 Å². The molecule has 2 aromatic rings. The van der Waals surface area contributed by atoms with Crippen molar-refractivity contribution in [2.45, 2.75) is 30.7 Å². The molecule has 1 unspecified atom stereocenters. The third-order valence-corrected chi connectivity index (χ3v) is 7.12. The second kappa shape index (κ2) is 10.6. The largest absolute Gasteiger partial charge is 0.383 e. The maximum Gasteiger partial charge on any atom is 0.297 e. The number of hydrogen-bond acceptors (Lipinski definition) is 9. The second-order valence-corrected chi connectivity index (χ2v) is 9.95. The van der Waals surface area contributed by atoms with Crippen LogP contribution in [0.3, 0.4) is 0 Å². The Kier molecular flexibility index (Phi) is 7.48. The molecule has 2 aliphatic rings. The van der Waals surface area contributed by atoms with Gasteiger partial charge in [0.25, 0.3) is 21.9 Å². The zero-order valence-corrected chi connectivity index (χ0v) is 20.3. The highest BCUT2D eigenvalue weighted by Crippen LogP contribution is 2.29. The summed E-state index contributed by atoms with van der Waals surface area (Å²) in [5.74, 6) is -2.25. The van der Waals surface area contributed by atoms with Crippen molar-refractivity contribution in [1.82, 2.24) is 10.2 Å². The number of fused-ring (bicyclic) bond motifs is 1. The van der Waals surface area contributed by atoms with Crippen LogP contribution in [0.1, 0.15) is 39.1 Å². The summed E-state index contributed by atoms with van der Waals surface area (Å²) in [6.45, 7) is 2.37. The van der Waals surface area contributed by atoms with E-state index in [0.717, 1.165) is 10.5 Å². The fourth-order valence-corrected chi connectivity index (χ4v) is 4.82. The Bertz CT molecular complexity index is 1310. The lowest BCUT2D eigenvalue weighted by atomic mass is 10.0. The molecule has 1 atom stereocenters. The van der Waals surface area contributed by atoms with Crippen LogP contribution in [0, 0.1) is 6.92 Å². The number of rotatable bonds is 10. The van der Waals surface area contributed by atoms with Gasteiger partial charge in [-0.1, -0.05) is 17.7 Å². The first-order chi connectivity index (χ1) is 17.2. The summed E-state index contributed by atoms with van der Waals surface area (Å²) in [5.41, 5.74) is 1.88. The van der Waals surface area contributed by atoms with Crippen LogP contribution in [-0.2, 0) is 28.6 Å². The molecule has 4 rings (SSSR count). The molecule has 12 heteroatoms. The van der Waals surface area contributed by atoms with Crippen molar-refractivity contribution in [2.24, 2.45) is 0 Å². The van der Waals surface area contributed by atoms with Gasteiger partial charge in [0.05, 0.1) is 35.8 Å². The standard InChI is InChI=1S/C24H25N3O8S/c1-15-2-5-17(6-3-15)36(32,33)35-13-12-34-11-10-25-16-4-7-18-19(14-16)24(31)27(23(18)30)20-8-9-21(28)26-22(20)29/h2-7,14,20,25H,8-13H2,1H3,(H,26,28,29). The predicted octanol–water partition coefficient (Wildman–Crippen LogP) is 1.23. The van der Waals surface area contributed by atoms with E-state index in [0.29, 0.717) is 12.2 Å². The van der Waals surface area contributed by atoms with Gasteiger partial charge in [0.15, 0.2) is 0 Å². The fraction of sp³-hybridized carbons (Fsp3) is 0.333. The number of aryl methyl sites for hydroxylation is 1. The van der Waals surface area contributed by atoms with Crippen molar-refractivity contribution in [3.63, 3.8) is 0 Å². The van der Waals surface area contributed by atoms with Gasteiger partial charge in [0.1, 0.15) is 6.04 Å². The first kappa shape index (κ1) is 25.5. The molecular weight excluding hydrogens is 490 g/mol. The molecule has 0 aromatic heterocycles. The first-order valence-electron chi connectivity index (χ1n) is 11.3. The molecule has 0 saturated carbocycles. The van der Waals surface area contributed by atoms with Crippen molar-refractivity contribution in [3.8, 4) is 0 Å². The molecule has 36 heavy (non-hydrogen) atoms. The maximum absolute atomic E-state index is 12.9. The molecule has 11 nitrogen and oxygen atoms in total. The summed E-state index contributed by atoms with van der Waals surface area (Å²) in [6, 6.07) is 9.99. The van der Waals surface area contributed by atoms with E-state index in [9.17, 15) is 27.6 Å². The molecule has 1 fully saturated rings. The Morgan fingerprint density at radius 1 is 0.972 bits per heavy atom. The molecular formula is C24H25N3O8S. The van der Waals surface area contributed by atoms with Crippen LogP contribution < -0.4 is 10.6 Å². The van der Waals surface area contributed by atoms with Crippen LogP contribution in [-0.4, -0.2) is 69.4 Å². The van der Waals surface area contributed by atoms with Crippen molar-refractivity contribution in [2.75, 3.05) is 31.7 Å². The zero-order chi connectivity index (χ0) is 25.9. The van der Waals surface area contributed by atoms with Crippen LogP contribution in [0.4, 0.5) is 5.69 Å². The lowest BCUT2D eigenvalue weighted by Crippen LogP contribution is -2.54. The highest BCUT2D eigenvalue weighted by atomic mass is 32.2. The number of benzene rings is 2. The molecule has 2 aliphatic heterocycles. The van der Waals surface area contributed by atoms with Gasteiger partial charge >= 0.3 is 0 Å². The monoisotopic (exact) mass is 515 g/mol. The molecule has 1 saturated heterocycles. The van der Waals surface area contributed by atoms with Gasteiger partial charge < -0.3 is 10.1 Å². The van der Waals surface area contributed by atoms with Crippen LogP contribution in [0.25, 0.3) is 0 Å². The van der Waals surface area contributed by atoms with Gasteiger partial charge in [-0.25, -0.2) is 0 Å². The number of carbonyl (C=O) groups is 4. The third kappa shape index (κ3) is 5.45. The van der Waals surface area contributed by atoms with Crippen LogP contribution in [0.2, 0.25) is 0 Å². The number of ether oxygens (including phenoxy) is 1. The summed E-state index contributed by atoms with van der Waals surface area (Å²) in [4.78, 5) is 50.1. The fourth-order valence-electron chi connectivity index (χ4n) is 3.93. The predicted molar refractivity (Wildman–Crippen MR) is 127 cm³/mol. The minimum absolute atomic E-state index is 0.0551. The van der Waals surface area contributed by atoms with Gasteiger partial charge in [-0.05, 0) is 43.7 Å². The Balaban J connectivity index is 1.23. The molecule has 2 aromatic carbocycles. The molecule has 0 bridgehead atoms. The minimum Gasteiger partial charge on any atom is -0.383 e. The number of nitrogens with zero attached hydrogens (tertiary/aromatic N) is 1. The van der Waals surface area contributed by atoms with Gasteiger partial charge in [-0.2, -0.15) is 8.42 Å². The molecule has 0 spiro atoms. The summed E-state index contributed by atoms with van der Waals surface area (Å²) in [5, 5.41) is 5.23. The van der Waals surface area contributed by atoms with E-state index in [-0.39, 0.29) is 48.7 Å². The number of anilines is 1. The number of imide groups is 2. The van der Waals surface area contributed by atoms with Crippen LogP contribution in [0.15, 0.2) is 47.4 Å². The summed E-state index contributed by atoms with van der Waals surface area (Å²) >= 11 is 0. The summed E-state index contributed by atoms with van der Waals surface area (Å²) in [6.07, 6.45) is 0.147. The maximum atomic E-state index is 12.9. The quantitative estimate of drug-likeness (QED) is 0.271. The average Bonchev–Trinajstić information content (AvgIpc) is 3.08. The topological polar surface area (TPSA) is 148 Å². The Morgan fingerprint density at radius 3 is 2.42 bits per heavy atom. The number of amides is 4. The van der Waals surface area contributed by atoms with Crippen LogP contribution in [0.5, 0.6) is 0 Å². The lowest BCUT2D eigenvalue weighted by molar-refractivity contribution is -0.136. The molecule has 190 valence electrons. The van der Waals surface area contributed by atoms with E-state index >= 15 is 0 Å². The van der Waals surface area contributed by atoms with E-state index in [2.05, 4.69) is 10.6 Å². The van der Waals surface area contributed by atoms with Gasteiger partial charge in [-0.3, -0.25) is 33.6 Å². The third-order valence-electron chi connectivity index (χ3n) is 5.79. The van der Waals surface area contributed by atoms with E-state index in [4.69, 9.17) is 8.92 Å². The van der Waals surface area contributed by atoms with E-state index < -0.39 is 39.8 Å². The zero-order valence-electron chi connectivity index (χ0n) is 19.5. The van der Waals surface area contributed by atoms with E-state index in [1.54, 1.807) is 18.2 Å². The first-order valence-corrected chi connectivity index (χ1v) is 12.7. The second-order valence-electron chi connectivity index (χ2n) is 8.34. The number of piperidine rings is 1. The van der Waals surface area contributed by atoms with Crippen molar-refractivity contribution >= 4 is 39.4 Å². The molecule has 0 aliphatic carbocycles. The van der Waals surface area contributed by atoms with E-state index in [1.807, 2.05) is 6.92 Å². The van der Waals surface area contributed by atoms with Gasteiger partial charge in [0.2, 0.25) is 11.8 Å². The Morgan fingerprint density at radius 2 is 1.69 bits per heavy atom. The summed E-state index contributed by atoms with van der Waals surface area (Å²) in [7, 11) is -3.85. The molecule has 0 radical (unpaired) electrons. The Labute approximate surface area is 207 Å². The van der Waals surface area contributed by atoms with Gasteiger partial charge in [-0.15, -0.1) is 0 Å². The highest BCUT2D eigenvalue weighted by Gasteiger charge is 2.44.